The smallest absolute Gasteiger partial charge is 0.0724 e. The van der Waals surface area contributed by atoms with Gasteiger partial charge in [0.05, 0.1) is 39.3 Å². The zero-order valence-corrected chi connectivity index (χ0v) is 27.6. The Bertz CT molecular complexity index is 3090. The Labute approximate surface area is 293 Å². The number of aromatic nitrogens is 4. The first-order valence-electron chi connectivity index (χ1n) is 17.4. The van der Waals surface area contributed by atoms with Crippen molar-refractivity contribution in [3.05, 3.63) is 182 Å². The van der Waals surface area contributed by atoms with Crippen molar-refractivity contribution >= 4 is 65.4 Å². The Hall–Kier alpha value is -6.91. The highest BCUT2D eigenvalue weighted by Crippen LogP contribution is 2.40. The molecule has 51 heavy (non-hydrogen) atoms. The molecule has 238 valence electrons. The van der Waals surface area contributed by atoms with Gasteiger partial charge in [-0.1, -0.05) is 97.1 Å². The second kappa shape index (κ2) is 10.8. The second-order valence-electron chi connectivity index (χ2n) is 13.3. The van der Waals surface area contributed by atoms with Gasteiger partial charge in [0.1, 0.15) is 0 Å². The summed E-state index contributed by atoms with van der Waals surface area (Å²) in [4.78, 5) is 4.49. The number of fused-ring (bicyclic) bond motifs is 9. The molecular formula is C47H30N4. The number of hydrogen-bond donors (Lipinski definition) is 0. The summed E-state index contributed by atoms with van der Waals surface area (Å²) in [5.74, 6) is 0. The Morgan fingerprint density at radius 1 is 0.294 bits per heavy atom. The zero-order valence-electron chi connectivity index (χ0n) is 27.6. The predicted octanol–water partition coefficient (Wildman–Crippen LogP) is 12.0. The molecule has 4 heterocycles. The average molecular weight is 651 g/mol. The maximum absolute atomic E-state index is 4.49. The number of rotatable bonds is 4. The highest BCUT2D eigenvalue weighted by molar-refractivity contribution is 6.19. The van der Waals surface area contributed by atoms with E-state index in [0.717, 1.165) is 28.1 Å². The molecule has 0 aliphatic rings. The minimum Gasteiger partial charge on any atom is -0.309 e. The van der Waals surface area contributed by atoms with Crippen LogP contribution in [0.5, 0.6) is 0 Å². The maximum Gasteiger partial charge on any atom is 0.0724 e. The van der Waals surface area contributed by atoms with Crippen LogP contribution in [-0.4, -0.2) is 18.7 Å². The van der Waals surface area contributed by atoms with Crippen molar-refractivity contribution in [3.63, 3.8) is 0 Å². The standard InChI is InChI=1S/C47H30N4/c1-2-14-33(15-3-1)49-43-22-8-5-19-37(43)40-28-41-38-20-6-9-23-44(38)50(46(41)29-45(40)49)34-16-10-12-31(26-34)32-13-11-17-35(27-32)51-42-21-7-4-18-36(42)39-24-25-48-30-47(39)51/h1-30H. The normalized spacial score (nSPS) is 11.9. The van der Waals surface area contributed by atoms with Crippen molar-refractivity contribution in [3.8, 4) is 28.2 Å². The molecule has 0 atom stereocenters. The second-order valence-corrected chi connectivity index (χ2v) is 13.3. The Morgan fingerprint density at radius 3 is 1.33 bits per heavy atom. The van der Waals surface area contributed by atoms with Crippen LogP contribution in [-0.2, 0) is 0 Å². The Kier molecular flexibility index (Phi) is 5.92. The fraction of sp³-hybridized carbons (Fsp3) is 0. The average Bonchev–Trinajstić information content (AvgIpc) is 3.83. The van der Waals surface area contributed by atoms with Gasteiger partial charge in [0.2, 0.25) is 0 Å². The molecule has 4 heteroatoms. The van der Waals surface area contributed by atoms with Gasteiger partial charge < -0.3 is 13.7 Å². The van der Waals surface area contributed by atoms with Gasteiger partial charge in [-0.15, -0.1) is 0 Å². The van der Waals surface area contributed by atoms with Crippen LogP contribution in [0.3, 0.4) is 0 Å². The quantitative estimate of drug-likeness (QED) is 0.186. The first-order valence-corrected chi connectivity index (χ1v) is 17.4. The van der Waals surface area contributed by atoms with E-state index in [4.69, 9.17) is 0 Å². The monoisotopic (exact) mass is 650 g/mol. The van der Waals surface area contributed by atoms with E-state index >= 15 is 0 Å². The highest BCUT2D eigenvalue weighted by Gasteiger charge is 2.19. The van der Waals surface area contributed by atoms with Gasteiger partial charge in [0, 0.05) is 55.6 Å². The molecule has 0 bridgehead atoms. The highest BCUT2D eigenvalue weighted by atomic mass is 15.0. The molecule has 0 N–H and O–H groups in total. The van der Waals surface area contributed by atoms with Crippen LogP contribution in [0.2, 0.25) is 0 Å². The van der Waals surface area contributed by atoms with E-state index in [-0.39, 0.29) is 0 Å². The summed E-state index contributed by atoms with van der Waals surface area (Å²) in [6, 6.07) is 61.6. The van der Waals surface area contributed by atoms with Gasteiger partial charge in [0.15, 0.2) is 0 Å². The summed E-state index contributed by atoms with van der Waals surface area (Å²) in [6.07, 6.45) is 3.85. The summed E-state index contributed by atoms with van der Waals surface area (Å²) >= 11 is 0. The van der Waals surface area contributed by atoms with E-state index < -0.39 is 0 Å². The number of benzene rings is 7. The molecule has 0 saturated heterocycles. The first-order chi connectivity index (χ1) is 25.3. The third-order valence-corrected chi connectivity index (χ3v) is 10.5. The van der Waals surface area contributed by atoms with E-state index in [1.165, 1.54) is 65.5 Å². The topological polar surface area (TPSA) is 27.7 Å². The lowest BCUT2D eigenvalue weighted by atomic mass is 10.0. The van der Waals surface area contributed by atoms with Crippen molar-refractivity contribution in [2.45, 2.75) is 0 Å². The molecule has 11 aromatic rings. The number of nitrogens with zero attached hydrogens (tertiary/aromatic N) is 4. The van der Waals surface area contributed by atoms with Gasteiger partial charge in [-0.25, -0.2) is 0 Å². The molecule has 7 aromatic carbocycles. The van der Waals surface area contributed by atoms with Gasteiger partial charge in [0.25, 0.3) is 0 Å². The van der Waals surface area contributed by atoms with E-state index in [2.05, 4.69) is 189 Å². The van der Waals surface area contributed by atoms with E-state index in [0.29, 0.717) is 0 Å². The van der Waals surface area contributed by atoms with Crippen LogP contribution in [0, 0.1) is 0 Å². The molecule has 4 aromatic heterocycles. The van der Waals surface area contributed by atoms with Gasteiger partial charge in [-0.05, 0) is 83.9 Å². The van der Waals surface area contributed by atoms with Crippen molar-refractivity contribution in [1.29, 1.82) is 0 Å². The van der Waals surface area contributed by atoms with Gasteiger partial charge >= 0.3 is 0 Å². The predicted molar refractivity (Wildman–Crippen MR) is 213 cm³/mol. The van der Waals surface area contributed by atoms with Crippen LogP contribution in [0.4, 0.5) is 0 Å². The van der Waals surface area contributed by atoms with Gasteiger partial charge in [-0.3, -0.25) is 4.98 Å². The summed E-state index contributed by atoms with van der Waals surface area (Å²) in [5.41, 5.74) is 12.8. The number of para-hydroxylation sites is 4. The Balaban J connectivity index is 1.13. The minimum atomic E-state index is 1.11. The van der Waals surface area contributed by atoms with Crippen LogP contribution in [0.25, 0.3) is 93.6 Å². The van der Waals surface area contributed by atoms with Crippen LogP contribution in [0.15, 0.2) is 182 Å². The summed E-state index contributed by atoms with van der Waals surface area (Å²) in [5, 5.41) is 7.46. The van der Waals surface area contributed by atoms with E-state index in [1.54, 1.807) is 0 Å². The summed E-state index contributed by atoms with van der Waals surface area (Å²) in [7, 11) is 0. The summed E-state index contributed by atoms with van der Waals surface area (Å²) in [6.45, 7) is 0. The van der Waals surface area contributed by atoms with Gasteiger partial charge in [-0.2, -0.15) is 0 Å². The van der Waals surface area contributed by atoms with Crippen LogP contribution in [0.1, 0.15) is 0 Å². The molecule has 0 aliphatic heterocycles. The molecule has 0 aliphatic carbocycles. The number of pyridine rings is 1. The molecule has 0 fully saturated rings. The van der Waals surface area contributed by atoms with Crippen molar-refractivity contribution in [2.75, 3.05) is 0 Å². The van der Waals surface area contributed by atoms with Crippen molar-refractivity contribution in [2.24, 2.45) is 0 Å². The molecule has 0 amide bonds. The summed E-state index contributed by atoms with van der Waals surface area (Å²) < 4.78 is 7.16. The largest absolute Gasteiger partial charge is 0.309 e. The number of hydrogen-bond acceptors (Lipinski definition) is 1. The van der Waals surface area contributed by atoms with Crippen LogP contribution >= 0.6 is 0 Å². The third kappa shape index (κ3) is 4.11. The maximum atomic E-state index is 4.49. The molecule has 4 nitrogen and oxygen atoms in total. The fourth-order valence-corrected chi connectivity index (χ4v) is 8.31. The lowest BCUT2D eigenvalue weighted by Crippen LogP contribution is -1.97. The first kappa shape index (κ1) is 28.0. The van der Waals surface area contributed by atoms with Crippen molar-refractivity contribution in [1.82, 2.24) is 18.7 Å². The third-order valence-electron chi connectivity index (χ3n) is 10.5. The Morgan fingerprint density at radius 2 is 0.745 bits per heavy atom. The van der Waals surface area contributed by atoms with Crippen LogP contribution < -0.4 is 0 Å². The molecule has 0 radical (unpaired) electrons. The van der Waals surface area contributed by atoms with E-state index in [1.807, 2.05) is 12.4 Å². The fourth-order valence-electron chi connectivity index (χ4n) is 8.31. The molecule has 11 rings (SSSR count). The zero-order chi connectivity index (χ0) is 33.5. The minimum absolute atomic E-state index is 1.11. The lowest BCUT2D eigenvalue weighted by molar-refractivity contribution is 1.16. The molecule has 0 spiro atoms. The van der Waals surface area contributed by atoms with Crippen molar-refractivity contribution < 1.29 is 0 Å². The van der Waals surface area contributed by atoms with E-state index in [9.17, 15) is 0 Å². The SMILES string of the molecule is c1ccc(-n2c3ccccc3c3cc4c5ccccc5n(-c5cccc(-c6cccc(-n7c8ccccc8c8ccncc87)c6)c5)c4cc32)cc1. The molecule has 0 saturated carbocycles. The molecular weight excluding hydrogens is 621 g/mol. The molecule has 0 unspecified atom stereocenters. The lowest BCUT2D eigenvalue weighted by Gasteiger charge is -2.13.